The molecule has 0 bridgehead atoms. The van der Waals surface area contributed by atoms with E-state index in [1.807, 2.05) is 23.9 Å². The summed E-state index contributed by atoms with van der Waals surface area (Å²) in [6, 6.07) is 9.44. The molecule has 1 aliphatic rings. The Morgan fingerprint density at radius 2 is 2.05 bits per heavy atom. The zero-order valence-electron chi connectivity index (χ0n) is 11.0. The van der Waals surface area contributed by atoms with Gasteiger partial charge in [-0.2, -0.15) is 0 Å². The molecule has 0 fully saturated rings. The molecular weight excluding hydrogens is 290 g/mol. The van der Waals surface area contributed by atoms with Crippen molar-refractivity contribution in [2.75, 3.05) is 5.32 Å². The lowest BCUT2D eigenvalue weighted by Crippen LogP contribution is -2.19. The quantitative estimate of drug-likeness (QED) is 0.877. The average Bonchev–Trinajstić information content (AvgIpc) is 2.87. The van der Waals surface area contributed by atoms with Gasteiger partial charge in [-0.05, 0) is 47.7 Å². The Morgan fingerprint density at radius 3 is 2.75 bits per heavy atom. The van der Waals surface area contributed by atoms with E-state index in [1.54, 1.807) is 23.5 Å². The van der Waals surface area contributed by atoms with E-state index in [0.717, 1.165) is 12.1 Å². The maximum absolute atomic E-state index is 10.9. The predicted octanol–water partition coefficient (Wildman–Crippen LogP) is 4.48. The van der Waals surface area contributed by atoms with E-state index < -0.39 is 5.97 Å². The number of anilines is 1. The highest BCUT2D eigenvalue weighted by molar-refractivity contribution is 8.01. The van der Waals surface area contributed by atoms with E-state index in [0.29, 0.717) is 16.9 Å². The van der Waals surface area contributed by atoms with Gasteiger partial charge in [-0.15, -0.1) is 23.1 Å². The number of carboxylic acid groups (broad SMARTS) is 1. The normalized spacial score (nSPS) is 21.2. The zero-order chi connectivity index (χ0) is 14.1. The van der Waals surface area contributed by atoms with Crippen LogP contribution in [0.5, 0.6) is 0 Å². The van der Waals surface area contributed by atoms with E-state index in [1.165, 1.54) is 9.77 Å². The molecule has 1 aromatic carbocycles. The van der Waals surface area contributed by atoms with Crippen LogP contribution in [0.4, 0.5) is 5.69 Å². The first kappa shape index (κ1) is 13.5. The molecule has 2 N–H and O–H groups in total. The molecule has 2 aromatic rings. The SMILES string of the molecule is C[C@H]1CC(Nc2ccc(C(=O)O)cc2)c2ccsc2S1. The molecule has 0 saturated carbocycles. The first-order valence-corrected chi connectivity index (χ1v) is 8.23. The number of thioether (sulfide) groups is 1. The smallest absolute Gasteiger partial charge is 0.335 e. The predicted molar refractivity (Wildman–Crippen MR) is 84.0 cm³/mol. The lowest BCUT2D eigenvalue weighted by atomic mass is 10.0. The van der Waals surface area contributed by atoms with Crippen molar-refractivity contribution in [1.82, 2.24) is 0 Å². The standard InChI is InChI=1S/C15H15NO2S2/c1-9-8-13(12-6-7-19-15(12)20-9)16-11-4-2-10(3-5-11)14(17)18/h2-7,9,13,16H,8H2,1H3,(H,17,18)/t9-,13?/m0/s1. The van der Waals surface area contributed by atoms with Crippen LogP contribution in [-0.4, -0.2) is 16.3 Å². The molecule has 0 radical (unpaired) electrons. The molecule has 3 rings (SSSR count). The summed E-state index contributed by atoms with van der Waals surface area (Å²) in [5, 5.41) is 15.2. The van der Waals surface area contributed by atoms with Gasteiger partial charge in [0.25, 0.3) is 0 Å². The zero-order valence-corrected chi connectivity index (χ0v) is 12.6. The van der Waals surface area contributed by atoms with Gasteiger partial charge in [0.2, 0.25) is 0 Å². The number of rotatable bonds is 3. The van der Waals surface area contributed by atoms with Gasteiger partial charge in [0, 0.05) is 10.9 Å². The summed E-state index contributed by atoms with van der Waals surface area (Å²) in [4.78, 5) is 10.9. The van der Waals surface area contributed by atoms with Gasteiger partial charge in [0.05, 0.1) is 15.8 Å². The van der Waals surface area contributed by atoms with Gasteiger partial charge in [0.15, 0.2) is 0 Å². The van der Waals surface area contributed by atoms with Crippen LogP contribution in [0.15, 0.2) is 39.9 Å². The summed E-state index contributed by atoms with van der Waals surface area (Å²) in [5.74, 6) is -0.889. The number of fused-ring (bicyclic) bond motifs is 1. The highest BCUT2D eigenvalue weighted by atomic mass is 32.2. The fourth-order valence-corrected chi connectivity index (χ4v) is 4.96. The topological polar surface area (TPSA) is 49.3 Å². The van der Waals surface area contributed by atoms with Crippen molar-refractivity contribution in [3.05, 3.63) is 46.8 Å². The van der Waals surface area contributed by atoms with E-state index in [4.69, 9.17) is 5.11 Å². The third kappa shape index (κ3) is 2.69. The van der Waals surface area contributed by atoms with Crippen molar-refractivity contribution in [3.8, 4) is 0 Å². The number of hydrogen-bond donors (Lipinski definition) is 2. The molecule has 2 atom stereocenters. The van der Waals surface area contributed by atoms with Crippen LogP contribution in [0, 0.1) is 0 Å². The Morgan fingerprint density at radius 1 is 1.30 bits per heavy atom. The van der Waals surface area contributed by atoms with E-state index in [9.17, 15) is 4.79 Å². The summed E-state index contributed by atoms with van der Waals surface area (Å²) in [6.45, 7) is 2.25. The van der Waals surface area contributed by atoms with Crippen molar-refractivity contribution in [3.63, 3.8) is 0 Å². The molecule has 5 heteroatoms. The highest BCUT2D eigenvalue weighted by Crippen LogP contribution is 2.44. The van der Waals surface area contributed by atoms with Gasteiger partial charge < -0.3 is 10.4 Å². The fourth-order valence-electron chi connectivity index (χ4n) is 2.40. The van der Waals surface area contributed by atoms with Gasteiger partial charge >= 0.3 is 5.97 Å². The lowest BCUT2D eigenvalue weighted by Gasteiger charge is -2.28. The third-order valence-electron chi connectivity index (χ3n) is 3.38. The van der Waals surface area contributed by atoms with E-state index in [-0.39, 0.29) is 0 Å². The molecule has 104 valence electrons. The number of hydrogen-bond acceptors (Lipinski definition) is 4. The van der Waals surface area contributed by atoms with Crippen molar-refractivity contribution >= 4 is 34.8 Å². The molecule has 0 amide bonds. The van der Waals surface area contributed by atoms with Crippen LogP contribution >= 0.6 is 23.1 Å². The molecule has 0 aliphatic carbocycles. The lowest BCUT2D eigenvalue weighted by molar-refractivity contribution is 0.0697. The van der Waals surface area contributed by atoms with Crippen LogP contribution in [0.2, 0.25) is 0 Å². The molecule has 1 unspecified atom stereocenters. The number of thiophene rings is 1. The average molecular weight is 305 g/mol. The van der Waals surface area contributed by atoms with Crippen molar-refractivity contribution in [1.29, 1.82) is 0 Å². The Labute approximate surface area is 126 Å². The van der Waals surface area contributed by atoms with Crippen LogP contribution < -0.4 is 5.32 Å². The second-order valence-corrected chi connectivity index (χ2v) is 7.53. The minimum atomic E-state index is -0.889. The van der Waals surface area contributed by atoms with Gasteiger partial charge in [-0.3, -0.25) is 0 Å². The van der Waals surface area contributed by atoms with Crippen molar-refractivity contribution in [2.24, 2.45) is 0 Å². The van der Waals surface area contributed by atoms with Crippen LogP contribution in [0.3, 0.4) is 0 Å². The Kier molecular flexibility index (Phi) is 3.72. The van der Waals surface area contributed by atoms with Crippen molar-refractivity contribution in [2.45, 2.75) is 28.8 Å². The van der Waals surface area contributed by atoms with Crippen LogP contribution in [0.25, 0.3) is 0 Å². The van der Waals surface area contributed by atoms with Crippen molar-refractivity contribution < 1.29 is 9.90 Å². The highest BCUT2D eigenvalue weighted by Gasteiger charge is 2.26. The fraction of sp³-hybridized carbons (Fsp3) is 0.267. The summed E-state index contributed by atoms with van der Waals surface area (Å²) >= 11 is 3.74. The number of aromatic carboxylic acids is 1. The minimum Gasteiger partial charge on any atom is -0.478 e. The molecule has 20 heavy (non-hydrogen) atoms. The molecular formula is C15H15NO2S2. The first-order chi connectivity index (χ1) is 9.63. The number of benzene rings is 1. The number of carboxylic acids is 1. The molecule has 2 heterocycles. The second kappa shape index (κ2) is 5.50. The Hall–Kier alpha value is -1.46. The monoisotopic (exact) mass is 305 g/mol. The first-order valence-electron chi connectivity index (χ1n) is 6.47. The summed E-state index contributed by atoms with van der Waals surface area (Å²) < 4.78 is 1.39. The second-order valence-electron chi connectivity index (χ2n) is 4.91. The largest absolute Gasteiger partial charge is 0.478 e. The summed E-state index contributed by atoms with van der Waals surface area (Å²) in [5.41, 5.74) is 2.65. The van der Waals surface area contributed by atoms with Gasteiger partial charge in [0.1, 0.15) is 0 Å². The Bertz CT molecular complexity index is 621. The molecule has 0 spiro atoms. The molecule has 3 nitrogen and oxygen atoms in total. The molecule has 1 aromatic heterocycles. The van der Waals surface area contributed by atoms with E-state index >= 15 is 0 Å². The van der Waals surface area contributed by atoms with Crippen LogP contribution in [-0.2, 0) is 0 Å². The maximum Gasteiger partial charge on any atom is 0.335 e. The maximum atomic E-state index is 10.9. The number of carbonyl (C=O) groups is 1. The number of nitrogens with one attached hydrogen (secondary N) is 1. The van der Waals surface area contributed by atoms with Gasteiger partial charge in [-0.25, -0.2) is 4.79 Å². The summed E-state index contributed by atoms with van der Waals surface area (Å²) in [7, 11) is 0. The minimum absolute atomic E-state index is 0.308. The molecule has 1 aliphatic heterocycles. The molecule has 0 saturated heterocycles. The van der Waals surface area contributed by atoms with Gasteiger partial charge in [-0.1, -0.05) is 6.92 Å². The third-order valence-corrected chi connectivity index (χ3v) is 5.73. The summed E-state index contributed by atoms with van der Waals surface area (Å²) in [6.07, 6.45) is 1.08. The van der Waals surface area contributed by atoms with E-state index in [2.05, 4.69) is 23.7 Å². The van der Waals surface area contributed by atoms with Crippen LogP contribution in [0.1, 0.15) is 35.3 Å². The Balaban J connectivity index is 1.80.